The molecule has 96 valence electrons. The summed E-state index contributed by atoms with van der Waals surface area (Å²) in [4.78, 5) is 2.57. The topological polar surface area (TPSA) is 38.0 Å². The molecule has 0 radical (unpaired) electrons. The maximum Gasteiger partial charge on any atom is 0.0564 e. The first-order valence-electron chi connectivity index (χ1n) is 5.59. The number of thiophene rings is 1. The lowest BCUT2D eigenvalue weighted by Crippen LogP contribution is -2.29. The van der Waals surface area contributed by atoms with E-state index in [1.165, 1.54) is 15.3 Å². The van der Waals surface area contributed by atoms with Crippen molar-refractivity contribution in [1.29, 1.82) is 0 Å². The Morgan fingerprint density at radius 3 is 2.89 bits per heavy atom. The van der Waals surface area contributed by atoms with Crippen molar-refractivity contribution in [1.82, 2.24) is 5.43 Å². The molecule has 0 saturated heterocycles. The van der Waals surface area contributed by atoms with Crippen LogP contribution in [0.4, 0.5) is 0 Å². The van der Waals surface area contributed by atoms with Crippen molar-refractivity contribution in [3.05, 3.63) is 50.6 Å². The second-order valence-electron chi connectivity index (χ2n) is 3.92. The quantitative estimate of drug-likeness (QED) is 0.487. The minimum Gasteiger partial charge on any atom is -0.271 e. The summed E-state index contributed by atoms with van der Waals surface area (Å²) < 4.78 is 1.11. The van der Waals surface area contributed by atoms with Crippen molar-refractivity contribution in [2.45, 2.75) is 17.9 Å². The summed E-state index contributed by atoms with van der Waals surface area (Å²) in [6, 6.07) is 10.7. The zero-order chi connectivity index (χ0) is 13.0. The largest absolute Gasteiger partial charge is 0.271 e. The third-order valence-corrected chi connectivity index (χ3v) is 5.13. The Labute approximate surface area is 124 Å². The molecule has 18 heavy (non-hydrogen) atoms. The molecule has 0 aliphatic heterocycles. The van der Waals surface area contributed by atoms with Gasteiger partial charge in [-0.15, -0.1) is 23.1 Å². The number of thioether (sulfide) groups is 1. The van der Waals surface area contributed by atoms with Gasteiger partial charge in [0.15, 0.2) is 0 Å². The van der Waals surface area contributed by atoms with E-state index in [4.69, 9.17) is 5.84 Å². The Bertz CT molecular complexity index is 513. The van der Waals surface area contributed by atoms with Crippen molar-refractivity contribution in [3.8, 4) is 0 Å². The van der Waals surface area contributed by atoms with Crippen LogP contribution >= 0.6 is 39.0 Å². The van der Waals surface area contributed by atoms with Gasteiger partial charge in [0.1, 0.15) is 0 Å². The van der Waals surface area contributed by atoms with E-state index in [0.29, 0.717) is 0 Å². The van der Waals surface area contributed by atoms with Crippen molar-refractivity contribution in [3.63, 3.8) is 0 Å². The van der Waals surface area contributed by atoms with Crippen LogP contribution < -0.4 is 11.3 Å². The van der Waals surface area contributed by atoms with Crippen molar-refractivity contribution < 1.29 is 0 Å². The summed E-state index contributed by atoms with van der Waals surface area (Å²) in [6.45, 7) is 2.13. The Morgan fingerprint density at radius 1 is 1.44 bits per heavy atom. The van der Waals surface area contributed by atoms with Crippen LogP contribution in [0.25, 0.3) is 0 Å². The molecule has 5 heteroatoms. The van der Waals surface area contributed by atoms with E-state index in [2.05, 4.69) is 51.9 Å². The number of hydrazine groups is 1. The van der Waals surface area contributed by atoms with E-state index in [-0.39, 0.29) is 6.04 Å². The van der Waals surface area contributed by atoms with Crippen LogP contribution in [0.5, 0.6) is 0 Å². The van der Waals surface area contributed by atoms with E-state index in [9.17, 15) is 0 Å². The zero-order valence-electron chi connectivity index (χ0n) is 10.0. The fraction of sp³-hybridized carbons (Fsp3) is 0.231. The molecule has 1 aromatic carbocycles. The summed E-state index contributed by atoms with van der Waals surface area (Å²) in [5.74, 6) is 6.58. The highest BCUT2D eigenvalue weighted by atomic mass is 79.9. The summed E-state index contributed by atoms with van der Waals surface area (Å²) in [6.07, 6.45) is 0. The number of hydrogen-bond donors (Lipinski definition) is 2. The summed E-state index contributed by atoms with van der Waals surface area (Å²) >= 11 is 7.05. The second kappa shape index (κ2) is 6.73. The van der Waals surface area contributed by atoms with Gasteiger partial charge in [-0.1, -0.05) is 22.0 Å². The molecule has 2 nitrogen and oxygen atoms in total. The van der Waals surface area contributed by atoms with Crippen molar-refractivity contribution >= 4 is 39.0 Å². The normalized spacial score (nSPS) is 12.6. The predicted octanol–water partition coefficient (Wildman–Crippen LogP) is 4.12. The van der Waals surface area contributed by atoms with E-state index in [1.54, 1.807) is 23.1 Å². The van der Waals surface area contributed by atoms with Gasteiger partial charge in [0.05, 0.1) is 6.04 Å². The second-order valence-corrected chi connectivity index (χ2v) is 7.05. The average Bonchev–Trinajstić information content (AvgIpc) is 2.77. The molecule has 0 aliphatic rings. The maximum absolute atomic E-state index is 5.66. The minimum atomic E-state index is 0.195. The van der Waals surface area contributed by atoms with Crippen LogP contribution in [-0.2, 0) is 0 Å². The molecule has 0 fully saturated rings. The highest BCUT2D eigenvalue weighted by Crippen LogP contribution is 2.29. The molecule has 1 atom stereocenters. The van der Waals surface area contributed by atoms with Gasteiger partial charge in [-0.05, 0) is 42.1 Å². The first-order valence-corrected chi connectivity index (χ1v) is 8.25. The van der Waals surface area contributed by atoms with Gasteiger partial charge in [0.2, 0.25) is 0 Å². The van der Waals surface area contributed by atoms with Crippen LogP contribution in [0.15, 0.2) is 45.1 Å². The average molecular weight is 343 g/mol. The zero-order valence-corrected chi connectivity index (χ0v) is 13.2. The van der Waals surface area contributed by atoms with E-state index >= 15 is 0 Å². The van der Waals surface area contributed by atoms with Gasteiger partial charge in [0.25, 0.3) is 0 Å². The first kappa shape index (κ1) is 14.1. The molecular weight excluding hydrogens is 328 g/mol. The van der Waals surface area contributed by atoms with Gasteiger partial charge in [-0.25, -0.2) is 0 Å². The molecule has 0 saturated carbocycles. The van der Waals surface area contributed by atoms with E-state index < -0.39 is 0 Å². The molecule has 0 spiro atoms. The SMILES string of the molecule is Cc1sccc1C(CSc1cccc(Br)c1)NN. The standard InChI is InChI=1S/C13H15BrN2S2/c1-9-12(5-6-17-9)13(16-15)8-18-11-4-2-3-10(14)7-11/h2-7,13,16H,8,15H2,1H3. The smallest absolute Gasteiger partial charge is 0.0564 e. The number of nitrogens with two attached hydrogens (primary N) is 1. The van der Waals surface area contributed by atoms with Crippen LogP contribution in [0.1, 0.15) is 16.5 Å². The van der Waals surface area contributed by atoms with Crippen LogP contribution in [0.3, 0.4) is 0 Å². The number of halogens is 1. The first-order chi connectivity index (χ1) is 8.70. The minimum absolute atomic E-state index is 0.195. The lowest BCUT2D eigenvalue weighted by Gasteiger charge is -2.15. The molecule has 2 aromatic rings. The molecule has 0 bridgehead atoms. The Hall–Kier alpha value is -0.330. The summed E-state index contributed by atoms with van der Waals surface area (Å²) in [5.41, 5.74) is 4.20. The molecule has 2 rings (SSSR count). The highest BCUT2D eigenvalue weighted by Gasteiger charge is 2.13. The van der Waals surface area contributed by atoms with Gasteiger partial charge < -0.3 is 0 Å². The highest BCUT2D eigenvalue weighted by molar-refractivity contribution is 9.10. The van der Waals surface area contributed by atoms with Gasteiger partial charge >= 0.3 is 0 Å². The predicted molar refractivity (Wildman–Crippen MR) is 84.0 cm³/mol. The Balaban J connectivity index is 2.02. The van der Waals surface area contributed by atoms with Gasteiger partial charge in [-0.3, -0.25) is 11.3 Å². The number of rotatable bonds is 5. The van der Waals surface area contributed by atoms with Crippen LogP contribution in [0.2, 0.25) is 0 Å². The fourth-order valence-electron chi connectivity index (χ4n) is 1.72. The lowest BCUT2D eigenvalue weighted by molar-refractivity contribution is 0.610. The molecule has 1 unspecified atom stereocenters. The monoisotopic (exact) mass is 342 g/mol. The molecule has 0 aliphatic carbocycles. The van der Waals surface area contributed by atoms with Gasteiger partial charge in [-0.2, -0.15) is 0 Å². The third kappa shape index (κ3) is 3.59. The number of aryl methyl sites for hydroxylation is 1. The number of benzene rings is 1. The Kier molecular flexibility index (Phi) is 5.26. The number of nitrogens with one attached hydrogen (secondary N) is 1. The fourth-order valence-corrected chi connectivity index (χ4v) is 4.06. The third-order valence-electron chi connectivity index (χ3n) is 2.69. The molecule has 1 aromatic heterocycles. The van der Waals surface area contributed by atoms with Gasteiger partial charge in [0, 0.05) is 20.0 Å². The molecule has 0 amide bonds. The molecular formula is C13H15BrN2S2. The lowest BCUT2D eigenvalue weighted by atomic mass is 10.1. The van der Waals surface area contributed by atoms with Crippen molar-refractivity contribution in [2.75, 3.05) is 5.75 Å². The molecule has 3 N–H and O–H groups in total. The van der Waals surface area contributed by atoms with E-state index in [0.717, 1.165) is 10.2 Å². The van der Waals surface area contributed by atoms with E-state index in [1.807, 2.05) is 12.1 Å². The Morgan fingerprint density at radius 2 is 2.28 bits per heavy atom. The summed E-state index contributed by atoms with van der Waals surface area (Å²) in [5, 5.41) is 2.11. The number of hydrogen-bond acceptors (Lipinski definition) is 4. The molecule has 1 heterocycles. The summed E-state index contributed by atoms with van der Waals surface area (Å²) in [7, 11) is 0. The van der Waals surface area contributed by atoms with Crippen LogP contribution in [-0.4, -0.2) is 5.75 Å². The van der Waals surface area contributed by atoms with Crippen LogP contribution in [0, 0.1) is 6.92 Å². The maximum atomic E-state index is 5.66. The van der Waals surface area contributed by atoms with Crippen molar-refractivity contribution in [2.24, 2.45) is 5.84 Å².